The predicted molar refractivity (Wildman–Crippen MR) is 182 cm³/mol. The van der Waals surface area contributed by atoms with Crippen molar-refractivity contribution in [2.45, 2.75) is 84.0 Å². The van der Waals surface area contributed by atoms with E-state index in [0.717, 1.165) is 11.1 Å². The van der Waals surface area contributed by atoms with Gasteiger partial charge in [0.15, 0.2) is 0 Å². The number of hydrogen-bond acceptors (Lipinski definition) is 11. The Morgan fingerprint density at radius 1 is 0.646 bits per heavy atom. The van der Waals surface area contributed by atoms with Crippen molar-refractivity contribution < 1.29 is 44.6 Å². The minimum Gasteiger partial charge on any atom is -0.491 e. The van der Waals surface area contributed by atoms with Crippen molar-refractivity contribution in [3.05, 3.63) is 59.7 Å². The third kappa shape index (κ3) is 14.0. The molecule has 270 valence electrons. The van der Waals surface area contributed by atoms with Crippen LogP contribution in [0.4, 0.5) is 0 Å². The lowest BCUT2D eigenvalue weighted by Gasteiger charge is -2.28. The van der Waals surface area contributed by atoms with Gasteiger partial charge in [-0.1, -0.05) is 52.0 Å². The fraction of sp³-hybridized carbons (Fsp3) is 0.600. The molecule has 0 radical (unpaired) electrons. The third-order valence-electron chi connectivity index (χ3n) is 8.23. The van der Waals surface area contributed by atoms with E-state index < -0.39 is 54.3 Å². The van der Waals surface area contributed by atoms with E-state index in [9.17, 15) is 24.9 Å². The molecule has 6 atom stereocenters. The molecule has 13 heteroatoms. The maximum Gasteiger partial charge on any atom is 0.225 e. The second kappa shape index (κ2) is 20.9. The summed E-state index contributed by atoms with van der Waals surface area (Å²) in [7, 11) is 0. The minimum absolute atomic E-state index is 0.0377. The van der Waals surface area contributed by atoms with E-state index in [4.69, 9.17) is 31.2 Å². The van der Waals surface area contributed by atoms with E-state index >= 15 is 0 Å². The van der Waals surface area contributed by atoms with Gasteiger partial charge in [0.2, 0.25) is 11.8 Å². The maximum atomic E-state index is 13.5. The molecule has 0 aliphatic heterocycles. The number of benzene rings is 2. The fourth-order valence-corrected chi connectivity index (χ4v) is 5.11. The number of rotatable bonds is 22. The quantitative estimate of drug-likeness (QED) is 0.0776. The Hall–Kier alpha value is -3.30. The molecular formula is C35H56N4O9. The van der Waals surface area contributed by atoms with Crippen LogP contribution in [0.15, 0.2) is 48.5 Å². The minimum atomic E-state index is -1.30. The van der Waals surface area contributed by atoms with Crippen LogP contribution in [0.5, 0.6) is 11.5 Å². The number of carbonyl (C=O) groups is 2. The van der Waals surface area contributed by atoms with Gasteiger partial charge >= 0.3 is 0 Å². The molecule has 0 fully saturated rings. The van der Waals surface area contributed by atoms with Crippen molar-refractivity contribution >= 4 is 11.8 Å². The summed E-state index contributed by atoms with van der Waals surface area (Å²) >= 11 is 0. The van der Waals surface area contributed by atoms with Crippen LogP contribution in [-0.4, -0.2) is 94.4 Å². The Bertz CT molecular complexity index is 1120. The van der Waals surface area contributed by atoms with E-state index in [2.05, 4.69) is 10.6 Å². The van der Waals surface area contributed by atoms with Crippen molar-refractivity contribution in [1.29, 1.82) is 0 Å². The molecule has 0 saturated heterocycles. The molecule has 0 bridgehead atoms. The smallest absolute Gasteiger partial charge is 0.225 e. The van der Waals surface area contributed by atoms with Gasteiger partial charge in [-0.2, -0.15) is 0 Å². The first kappa shape index (κ1) is 40.9. The van der Waals surface area contributed by atoms with E-state index in [0.29, 0.717) is 11.5 Å². The average molecular weight is 677 g/mol. The Kier molecular flexibility index (Phi) is 17.8. The monoisotopic (exact) mass is 676 g/mol. The molecule has 0 aliphatic carbocycles. The molecule has 48 heavy (non-hydrogen) atoms. The molecule has 2 unspecified atom stereocenters. The predicted octanol–water partition coefficient (Wildman–Crippen LogP) is 0.423. The summed E-state index contributed by atoms with van der Waals surface area (Å²) in [5.74, 6) is -1.72. The molecule has 2 amide bonds. The van der Waals surface area contributed by atoms with Crippen LogP contribution in [0.1, 0.15) is 51.7 Å². The number of nitrogens with one attached hydrogen (secondary N) is 2. The molecule has 0 saturated carbocycles. The van der Waals surface area contributed by atoms with Crippen LogP contribution >= 0.6 is 0 Å². The summed E-state index contributed by atoms with van der Waals surface area (Å²) in [4.78, 5) is 27.0. The van der Waals surface area contributed by atoms with Gasteiger partial charge in [0, 0.05) is 11.8 Å². The van der Waals surface area contributed by atoms with Gasteiger partial charge in [-0.3, -0.25) is 9.59 Å². The molecule has 2 rings (SSSR count). The second-order valence-electron chi connectivity index (χ2n) is 12.9. The van der Waals surface area contributed by atoms with Crippen LogP contribution in [-0.2, 0) is 22.4 Å². The average Bonchev–Trinajstić information content (AvgIpc) is 3.05. The van der Waals surface area contributed by atoms with Gasteiger partial charge in [0.05, 0.1) is 31.4 Å². The Labute approximate surface area is 283 Å². The van der Waals surface area contributed by atoms with Crippen LogP contribution in [0.25, 0.3) is 0 Å². The van der Waals surface area contributed by atoms with E-state index in [1.54, 1.807) is 48.5 Å². The zero-order valence-electron chi connectivity index (χ0n) is 28.5. The highest BCUT2D eigenvalue weighted by atomic mass is 16.5. The number of aliphatic hydroxyl groups is 5. The summed E-state index contributed by atoms with van der Waals surface area (Å²) in [6.45, 7) is 7.33. The third-order valence-corrected chi connectivity index (χ3v) is 8.23. The van der Waals surface area contributed by atoms with Crippen molar-refractivity contribution in [2.75, 3.05) is 26.4 Å². The fourth-order valence-electron chi connectivity index (χ4n) is 5.11. The molecule has 13 nitrogen and oxygen atoms in total. The highest BCUT2D eigenvalue weighted by Gasteiger charge is 2.31. The Morgan fingerprint density at radius 2 is 0.979 bits per heavy atom. The lowest BCUT2D eigenvalue weighted by molar-refractivity contribution is -0.130. The lowest BCUT2D eigenvalue weighted by Crippen LogP contribution is -2.52. The molecule has 0 aromatic heterocycles. The lowest BCUT2D eigenvalue weighted by atomic mass is 9.86. The van der Waals surface area contributed by atoms with Gasteiger partial charge in [-0.05, 0) is 72.9 Å². The molecule has 0 heterocycles. The number of aliphatic hydroxyl groups excluding tert-OH is 5. The van der Waals surface area contributed by atoms with Crippen molar-refractivity contribution in [3.8, 4) is 11.5 Å². The van der Waals surface area contributed by atoms with Gasteiger partial charge in [0.25, 0.3) is 0 Å². The molecular weight excluding hydrogens is 620 g/mol. The summed E-state index contributed by atoms with van der Waals surface area (Å²) in [6, 6.07) is 12.6. The van der Waals surface area contributed by atoms with Gasteiger partial charge in [-0.25, -0.2) is 0 Å². The maximum absolute atomic E-state index is 13.5. The van der Waals surface area contributed by atoms with E-state index in [1.807, 2.05) is 27.7 Å². The van der Waals surface area contributed by atoms with Crippen molar-refractivity contribution in [2.24, 2.45) is 35.1 Å². The number of hydrogen-bond donors (Lipinski definition) is 9. The standard InChI is InChI=1S/C35H56N4O9/c1-21(2)30(36)34(45)38-32(43)25(17-23-5-9-28(10-6-23)47-15-13-40)19-27(42)20-26(33(44)39-35(46)31(37)22(3)4)18-24-7-11-29(12-8-24)48-16-14-41/h5-12,21-22,25-27,30-31,34-35,40-42,45-46H,13-20,36-37H2,1-4H3,(H,38,43)(H,39,44)/t25?,26?,27?,30-,31-,34+,35+/m0/s1. The van der Waals surface area contributed by atoms with Crippen molar-refractivity contribution in [3.63, 3.8) is 0 Å². The first-order valence-electron chi connectivity index (χ1n) is 16.6. The molecule has 2 aromatic carbocycles. The number of amides is 2. The molecule has 0 spiro atoms. The van der Waals surface area contributed by atoms with E-state index in [-0.39, 0.29) is 63.9 Å². The zero-order valence-corrected chi connectivity index (χ0v) is 28.5. The van der Waals surface area contributed by atoms with Crippen LogP contribution in [0, 0.1) is 23.7 Å². The largest absolute Gasteiger partial charge is 0.491 e. The molecule has 0 aliphatic rings. The van der Waals surface area contributed by atoms with E-state index in [1.165, 1.54) is 0 Å². The highest BCUT2D eigenvalue weighted by molar-refractivity contribution is 5.80. The number of carbonyl (C=O) groups excluding carboxylic acids is 2. The van der Waals surface area contributed by atoms with Gasteiger partial charge < -0.3 is 57.1 Å². The van der Waals surface area contributed by atoms with Crippen molar-refractivity contribution in [1.82, 2.24) is 10.6 Å². The summed E-state index contributed by atoms with van der Waals surface area (Å²) in [6.07, 6.45) is -3.39. The summed E-state index contributed by atoms with van der Waals surface area (Å²) in [5.41, 5.74) is 13.7. The van der Waals surface area contributed by atoms with Crippen LogP contribution in [0.3, 0.4) is 0 Å². The van der Waals surface area contributed by atoms with Gasteiger partial charge in [0.1, 0.15) is 37.2 Å². The normalized spacial score (nSPS) is 16.0. The zero-order chi connectivity index (χ0) is 35.8. The number of ether oxygens (including phenoxy) is 2. The van der Waals surface area contributed by atoms with Crippen LogP contribution in [0.2, 0.25) is 0 Å². The van der Waals surface area contributed by atoms with Crippen LogP contribution < -0.4 is 31.6 Å². The second-order valence-corrected chi connectivity index (χ2v) is 12.9. The van der Waals surface area contributed by atoms with Gasteiger partial charge in [-0.15, -0.1) is 0 Å². The SMILES string of the molecule is CC(C)[C@H](N)[C@@H](O)NC(=O)C(Cc1ccc(OCCO)cc1)CC(O)CC(Cc1ccc(OCCO)cc1)C(=O)N[C@H](O)[C@@H](N)C(C)C. The summed E-state index contributed by atoms with van der Waals surface area (Å²) < 4.78 is 10.9. The Morgan fingerprint density at radius 3 is 1.27 bits per heavy atom. The summed E-state index contributed by atoms with van der Waals surface area (Å²) in [5, 5.41) is 55.7. The first-order chi connectivity index (χ1) is 22.7. The molecule has 2 aromatic rings. The first-order valence-corrected chi connectivity index (χ1v) is 16.6. The highest BCUT2D eigenvalue weighted by Crippen LogP contribution is 2.24. The molecule has 11 N–H and O–H groups in total. The topological polar surface area (TPSA) is 230 Å². The number of nitrogens with two attached hydrogens (primary N) is 2. The Balaban J connectivity index is 2.29.